The fourth-order valence-electron chi connectivity index (χ4n) is 4.03. The third-order valence-corrected chi connectivity index (χ3v) is 5.72. The standard InChI is InChI=1S/C24H28N4O3/c1-31-20-12-10-18(11-13-20)21(27-14-6-3-7-15-27)16-25-24(30)23-22(29)17-28(26-23)19-8-4-2-5-9-19/h2,4-5,8-13,17,21,29H,3,6-7,14-16H2,1H3,(H,25,30). The lowest BCUT2D eigenvalue weighted by Gasteiger charge is -2.35. The van der Waals surface area contributed by atoms with E-state index in [-0.39, 0.29) is 23.4 Å². The number of rotatable bonds is 7. The van der Waals surface area contributed by atoms with Gasteiger partial charge < -0.3 is 15.2 Å². The number of methoxy groups -OCH3 is 1. The van der Waals surface area contributed by atoms with Crippen molar-refractivity contribution < 1.29 is 14.6 Å². The molecule has 1 fully saturated rings. The van der Waals surface area contributed by atoms with Crippen molar-refractivity contribution in [1.82, 2.24) is 20.0 Å². The number of aromatic nitrogens is 2. The molecule has 2 heterocycles. The molecule has 1 aliphatic heterocycles. The lowest BCUT2D eigenvalue weighted by molar-refractivity contribution is 0.0916. The van der Waals surface area contributed by atoms with E-state index in [1.165, 1.54) is 17.3 Å². The molecule has 1 atom stereocenters. The largest absolute Gasteiger partial charge is 0.504 e. The Morgan fingerprint density at radius 1 is 1.10 bits per heavy atom. The lowest BCUT2D eigenvalue weighted by Crippen LogP contribution is -2.40. The van der Waals surface area contributed by atoms with Crippen LogP contribution in [-0.4, -0.2) is 52.4 Å². The molecule has 1 aliphatic rings. The first kappa shape index (κ1) is 20.9. The number of carbonyl (C=O) groups is 1. The Balaban J connectivity index is 1.50. The van der Waals surface area contributed by atoms with Gasteiger partial charge in [-0.1, -0.05) is 36.8 Å². The number of hydrogen-bond acceptors (Lipinski definition) is 5. The van der Waals surface area contributed by atoms with E-state index in [9.17, 15) is 9.90 Å². The van der Waals surface area contributed by atoms with Gasteiger partial charge in [-0.3, -0.25) is 9.69 Å². The smallest absolute Gasteiger partial charge is 0.275 e. The van der Waals surface area contributed by atoms with Crippen molar-refractivity contribution in [3.05, 3.63) is 72.1 Å². The molecule has 0 radical (unpaired) electrons. The zero-order valence-electron chi connectivity index (χ0n) is 17.7. The Bertz CT molecular complexity index is 995. The molecule has 0 bridgehead atoms. The molecule has 0 aliphatic carbocycles. The first-order chi connectivity index (χ1) is 15.2. The van der Waals surface area contributed by atoms with Gasteiger partial charge in [-0.05, 0) is 55.8 Å². The van der Waals surface area contributed by atoms with Crippen LogP contribution in [0.1, 0.15) is 41.4 Å². The lowest BCUT2D eigenvalue weighted by atomic mass is 10.0. The molecule has 1 unspecified atom stereocenters. The highest BCUT2D eigenvalue weighted by atomic mass is 16.5. The van der Waals surface area contributed by atoms with E-state index >= 15 is 0 Å². The molecule has 3 aromatic rings. The maximum Gasteiger partial charge on any atom is 0.275 e. The Labute approximate surface area is 182 Å². The van der Waals surface area contributed by atoms with Gasteiger partial charge in [-0.15, -0.1) is 0 Å². The molecule has 2 aromatic carbocycles. The van der Waals surface area contributed by atoms with Crippen LogP contribution in [0.4, 0.5) is 0 Å². The summed E-state index contributed by atoms with van der Waals surface area (Å²) in [6.07, 6.45) is 5.00. The number of nitrogens with one attached hydrogen (secondary N) is 1. The van der Waals surface area contributed by atoms with E-state index in [0.717, 1.165) is 42.9 Å². The SMILES string of the molecule is COc1ccc(C(CNC(=O)c2nn(-c3ccccc3)cc2O)N2CCCCC2)cc1. The summed E-state index contributed by atoms with van der Waals surface area (Å²) in [4.78, 5) is 15.3. The summed E-state index contributed by atoms with van der Waals surface area (Å²) in [5.74, 6) is 0.282. The Kier molecular flexibility index (Phi) is 6.52. The number of para-hydroxylation sites is 1. The van der Waals surface area contributed by atoms with Gasteiger partial charge in [0.25, 0.3) is 5.91 Å². The second-order valence-corrected chi connectivity index (χ2v) is 7.74. The number of benzene rings is 2. The molecule has 162 valence electrons. The molecule has 2 N–H and O–H groups in total. The molecular weight excluding hydrogens is 392 g/mol. The van der Waals surface area contributed by atoms with E-state index in [1.54, 1.807) is 7.11 Å². The van der Waals surface area contributed by atoms with Gasteiger partial charge in [-0.2, -0.15) is 5.10 Å². The van der Waals surface area contributed by atoms with Gasteiger partial charge in [0.1, 0.15) is 5.75 Å². The second-order valence-electron chi connectivity index (χ2n) is 7.74. The minimum Gasteiger partial charge on any atom is -0.504 e. The van der Waals surface area contributed by atoms with Crippen LogP contribution in [0.5, 0.6) is 11.5 Å². The number of carbonyl (C=O) groups excluding carboxylic acids is 1. The normalized spacial score (nSPS) is 15.4. The van der Waals surface area contributed by atoms with Crippen molar-refractivity contribution in [2.75, 3.05) is 26.7 Å². The number of ether oxygens (including phenoxy) is 1. The van der Waals surface area contributed by atoms with Crippen LogP contribution in [0, 0.1) is 0 Å². The molecule has 4 rings (SSSR count). The monoisotopic (exact) mass is 420 g/mol. The maximum absolute atomic E-state index is 12.8. The fraction of sp³-hybridized carbons (Fsp3) is 0.333. The molecule has 7 heteroatoms. The summed E-state index contributed by atoms with van der Waals surface area (Å²) in [5.41, 5.74) is 1.93. The molecule has 0 saturated carbocycles. The zero-order valence-corrected chi connectivity index (χ0v) is 17.7. The van der Waals surface area contributed by atoms with Gasteiger partial charge in [0, 0.05) is 6.54 Å². The van der Waals surface area contributed by atoms with Gasteiger partial charge in [0.05, 0.1) is 25.0 Å². The summed E-state index contributed by atoms with van der Waals surface area (Å²) in [7, 11) is 1.65. The first-order valence-electron chi connectivity index (χ1n) is 10.7. The summed E-state index contributed by atoms with van der Waals surface area (Å²) in [6, 6.07) is 17.4. The number of likely N-dealkylation sites (tertiary alicyclic amines) is 1. The average Bonchev–Trinajstić information content (AvgIpc) is 3.22. The zero-order chi connectivity index (χ0) is 21.6. The summed E-state index contributed by atoms with van der Waals surface area (Å²) >= 11 is 0. The molecule has 1 aromatic heterocycles. The second kappa shape index (κ2) is 9.66. The van der Waals surface area contributed by atoms with Gasteiger partial charge >= 0.3 is 0 Å². The molecule has 31 heavy (non-hydrogen) atoms. The van der Waals surface area contributed by atoms with Crippen LogP contribution < -0.4 is 10.1 Å². The topological polar surface area (TPSA) is 79.6 Å². The third kappa shape index (κ3) is 4.88. The van der Waals surface area contributed by atoms with Crippen molar-refractivity contribution in [3.8, 4) is 17.2 Å². The van der Waals surface area contributed by atoms with Gasteiger partial charge in [0.15, 0.2) is 11.4 Å². The van der Waals surface area contributed by atoms with Crippen LogP contribution in [0.25, 0.3) is 5.69 Å². The predicted octanol–water partition coefficient (Wildman–Crippen LogP) is 3.54. The Morgan fingerprint density at radius 3 is 2.48 bits per heavy atom. The van der Waals surface area contributed by atoms with Crippen molar-refractivity contribution in [2.24, 2.45) is 0 Å². The van der Waals surface area contributed by atoms with Crippen LogP contribution in [0.2, 0.25) is 0 Å². The van der Waals surface area contributed by atoms with Crippen molar-refractivity contribution >= 4 is 5.91 Å². The van der Waals surface area contributed by atoms with E-state index in [4.69, 9.17) is 4.74 Å². The molecule has 7 nitrogen and oxygen atoms in total. The number of aromatic hydroxyl groups is 1. The first-order valence-corrected chi connectivity index (χ1v) is 10.7. The number of amides is 1. The summed E-state index contributed by atoms with van der Waals surface area (Å²) < 4.78 is 6.79. The number of piperidine rings is 1. The number of nitrogens with zero attached hydrogens (tertiary/aromatic N) is 3. The molecular formula is C24H28N4O3. The molecule has 1 saturated heterocycles. The minimum atomic E-state index is -0.386. The van der Waals surface area contributed by atoms with Crippen LogP contribution >= 0.6 is 0 Å². The van der Waals surface area contributed by atoms with Crippen molar-refractivity contribution in [2.45, 2.75) is 25.3 Å². The van der Waals surface area contributed by atoms with Crippen LogP contribution in [0.3, 0.4) is 0 Å². The van der Waals surface area contributed by atoms with Crippen LogP contribution in [0.15, 0.2) is 60.8 Å². The third-order valence-electron chi connectivity index (χ3n) is 5.72. The predicted molar refractivity (Wildman–Crippen MR) is 119 cm³/mol. The Morgan fingerprint density at radius 2 is 1.81 bits per heavy atom. The highest BCUT2D eigenvalue weighted by Gasteiger charge is 2.24. The quantitative estimate of drug-likeness (QED) is 0.611. The van der Waals surface area contributed by atoms with E-state index in [1.807, 2.05) is 54.6 Å². The molecule has 0 spiro atoms. The van der Waals surface area contributed by atoms with Crippen molar-refractivity contribution in [1.29, 1.82) is 0 Å². The summed E-state index contributed by atoms with van der Waals surface area (Å²) in [6.45, 7) is 2.43. The summed E-state index contributed by atoms with van der Waals surface area (Å²) in [5, 5.41) is 17.6. The van der Waals surface area contributed by atoms with Gasteiger partial charge in [-0.25, -0.2) is 4.68 Å². The van der Waals surface area contributed by atoms with Gasteiger partial charge in [0.2, 0.25) is 0 Å². The highest BCUT2D eigenvalue weighted by Crippen LogP contribution is 2.26. The van der Waals surface area contributed by atoms with Crippen molar-refractivity contribution in [3.63, 3.8) is 0 Å². The average molecular weight is 421 g/mol. The fourth-order valence-corrected chi connectivity index (χ4v) is 4.03. The minimum absolute atomic E-state index is 0.0241. The van der Waals surface area contributed by atoms with Crippen LogP contribution in [-0.2, 0) is 0 Å². The molecule has 1 amide bonds. The Hall–Kier alpha value is -3.32. The van der Waals surface area contributed by atoms with E-state index in [2.05, 4.69) is 15.3 Å². The highest BCUT2D eigenvalue weighted by molar-refractivity contribution is 5.94. The van der Waals surface area contributed by atoms with E-state index < -0.39 is 0 Å². The number of hydrogen-bond donors (Lipinski definition) is 2. The van der Waals surface area contributed by atoms with E-state index in [0.29, 0.717) is 6.54 Å². The maximum atomic E-state index is 12.8.